The fraction of sp³-hybridized carbons (Fsp3) is 0.0800. The molecule has 6 heteroatoms. The second kappa shape index (κ2) is 7.05. The molecule has 31 heavy (non-hydrogen) atoms. The first kappa shape index (κ1) is 18.5. The molecule has 146 valence electrons. The van der Waals surface area contributed by atoms with Gasteiger partial charge in [0.15, 0.2) is 11.5 Å². The summed E-state index contributed by atoms with van der Waals surface area (Å²) in [7, 11) is 0. The maximum Gasteiger partial charge on any atom is 0.189 e. The average molecular weight is 400 g/mol. The molecule has 0 aliphatic heterocycles. The molecular formula is C25H16N6. The van der Waals surface area contributed by atoms with Crippen LogP contribution >= 0.6 is 0 Å². The van der Waals surface area contributed by atoms with Gasteiger partial charge < -0.3 is 4.57 Å². The maximum atomic E-state index is 9.51. The van der Waals surface area contributed by atoms with Crippen LogP contribution in [0.5, 0.6) is 0 Å². The van der Waals surface area contributed by atoms with E-state index in [0.717, 1.165) is 33.1 Å². The third kappa shape index (κ3) is 2.99. The lowest BCUT2D eigenvalue weighted by Crippen LogP contribution is -2.03. The Morgan fingerprint density at radius 3 is 2.35 bits per heavy atom. The van der Waals surface area contributed by atoms with Gasteiger partial charge >= 0.3 is 0 Å². The SMILES string of the molecule is [C-]#[N+]c1ccc2c3ccccc3n(-c3ccc(C#N)cc3-c3nc(C)nc(C)n3)c2c1. The van der Waals surface area contributed by atoms with Gasteiger partial charge in [-0.2, -0.15) is 5.26 Å². The normalized spacial score (nSPS) is 10.8. The van der Waals surface area contributed by atoms with Gasteiger partial charge in [0.25, 0.3) is 0 Å². The molecule has 2 heterocycles. The van der Waals surface area contributed by atoms with Crippen molar-refractivity contribution in [1.29, 1.82) is 5.26 Å². The van der Waals surface area contributed by atoms with Crippen LogP contribution in [0.1, 0.15) is 17.2 Å². The number of aromatic nitrogens is 4. The zero-order chi connectivity index (χ0) is 21.5. The summed E-state index contributed by atoms with van der Waals surface area (Å²) in [5.74, 6) is 1.76. The molecule has 0 atom stereocenters. The van der Waals surface area contributed by atoms with E-state index in [1.54, 1.807) is 6.07 Å². The van der Waals surface area contributed by atoms with Gasteiger partial charge in [-0.15, -0.1) is 0 Å². The molecule has 0 aliphatic rings. The third-order valence-electron chi connectivity index (χ3n) is 5.25. The first-order valence-electron chi connectivity index (χ1n) is 9.74. The van der Waals surface area contributed by atoms with E-state index in [9.17, 15) is 5.26 Å². The molecule has 0 spiro atoms. The van der Waals surface area contributed by atoms with Crippen LogP contribution in [0.15, 0.2) is 60.7 Å². The van der Waals surface area contributed by atoms with Crippen molar-refractivity contribution in [3.8, 4) is 23.1 Å². The van der Waals surface area contributed by atoms with E-state index in [4.69, 9.17) is 6.57 Å². The number of nitriles is 1. The predicted octanol–water partition coefficient (Wildman–Crippen LogP) is 5.68. The third-order valence-corrected chi connectivity index (χ3v) is 5.25. The van der Waals surface area contributed by atoms with Crippen molar-refractivity contribution in [2.45, 2.75) is 13.8 Å². The second-order valence-corrected chi connectivity index (χ2v) is 7.26. The number of para-hydroxylation sites is 1. The zero-order valence-corrected chi connectivity index (χ0v) is 17.0. The fourth-order valence-electron chi connectivity index (χ4n) is 4.00. The van der Waals surface area contributed by atoms with Crippen molar-refractivity contribution in [2.75, 3.05) is 0 Å². The molecule has 5 rings (SSSR count). The Morgan fingerprint density at radius 2 is 1.61 bits per heavy atom. The minimum atomic E-state index is 0.518. The molecule has 0 bridgehead atoms. The summed E-state index contributed by atoms with van der Waals surface area (Å²) < 4.78 is 2.12. The van der Waals surface area contributed by atoms with Crippen LogP contribution in [0.2, 0.25) is 0 Å². The van der Waals surface area contributed by atoms with E-state index in [1.807, 2.05) is 56.3 Å². The van der Waals surface area contributed by atoms with Gasteiger partial charge in [0.1, 0.15) is 11.6 Å². The molecule has 2 aromatic heterocycles. The number of fused-ring (bicyclic) bond motifs is 3. The van der Waals surface area contributed by atoms with Gasteiger partial charge in [-0.05, 0) is 44.2 Å². The zero-order valence-electron chi connectivity index (χ0n) is 17.0. The highest BCUT2D eigenvalue weighted by atomic mass is 15.0. The molecule has 0 aliphatic carbocycles. The summed E-state index contributed by atoms with van der Waals surface area (Å²) >= 11 is 0. The summed E-state index contributed by atoms with van der Waals surface area (Å²) in [6.07, 6.45) is 0. The Balaban J connectivity index is 1.93. The predicted molar refractivity (Wildman–Crippen MR) is 120 cm³/mol. The highest BCUT2D eigenvalue weighted by molar-refractivity contribution is 6.10. The van der Waals surface area contributed by atoms with E-state index in [-0.39, 0.29) is 0 Å². The van der Waals surface area contributed by atoms with Crippen molar-refractivity contribution in [2.24, 2.45) is 0 Å². The van der Waals surface area contributed by atoms with Gasteiger partial charge in [-0.25, -0.2) is 19.8 Å². The van der Waals surface area contributed by atoms with E-state index in [1.165, 1.54) is 0 Å². The lowest BCUT2D eigenvalue weighted by molar-refractivity contribution is 0.926. The molecule has 0 saturated heterocycles. The number of rotatable bonds is 2. The minimum absolute atomic E-state index is 0.518. The Bertz CT molecular complexity index is 1560. The minimum Gasteiger partial charge on any atom is -0.310 e. The van der Waals surface area contributed by atoms with E-state index >= 15 is 0 Å². The standard InChI is InChI=1S/C25H16N6/c1-15-28-16(2)30-25(29-15)21-12-17(14-26)8-11-23(21)31-22-7-5-4-6-19(22)20-10-9-18(27-3)13-24(20)31/h4-13H,1-2H3. The summed E-state index contributed by atoms with van der Waals surface area (Å²) in [4.78, 5) is 17.0. The van der Waals surface area contributed by atoms with Gasteiger partial charge in [-0.1, -0.05) is 30.3 Å². The molecule has 0 fully saturated rings. The first-order chi connectivity index (χ1) is 15.1. The van der Waals surface area contributed by atoms with E-state index in [2.05, 4.69) is 42.6 Å². The maximum absolute atomic E-state index is 9.51. The van der Waals surface area contributed by atoms with Gasteiger partial charge in [0, 0.05) is 21.9 Å². The molecule has 0 amide bonds. The van der Waals surface area contributed by atoms with Crippen molar-refractivity contribution in [3.05, 3.63) is 89.3 Å². The van der Waals surface area contributed by atoms with Crippen molar-refractivity contribution in [3.63, 3.8) is 0 Å². The number of hydrogen-bond acceptors (Lipinski definition) is 4. The summed E-state index contributed by atoms with van der Waals surface area (Å²) in [6, 6.07) is 21.6. The quantitative estimate of drug-likeness (QED) is 0.358. The molecular weight excluding hydrogens is 384 g/mol. The summed E-state index contributed by atoms with van der Waals surface area (Å²) in [5, 5.41) is 11.7. The summed E-state index contributed by atoms with van der Waals surface area (Å²) in [5.41, 5.74) is 4.60. The molecule has 0 unspecified atom stereocenters. The second-order valence-electron chi connectivity index (χ2n) is 7.26. The van der Waals surface area contributed by atoms with Crippen LogP contribution in [0, 0.1) is 31.8 Å². The molecule has 0 N–H and O–H groups in total. The van der Waals surface area contributed by atoms with Crippen LogP contribution in [0.25, 0.3) is 43.7 Å². The largest absolute Gasteiger partial charge is 0.310 e. The van der Waals surface area contributed by atoms with Crippen LogP contribution < -0.4 is 0 Å². The molecule has 0 radical (unpaired) electrons. The summed E-state index contributed by atoms with van der Waals surface area (Å²) in [6.45, 7) is 11.1. The molecule has 6 nitrogen and oxygen atoms in total. The number of nitrogens with zero attached hydrogens (tertiary/aromatic N) is 6. The number of hydrogen-bond donors (Lipinski definition) is 0. The van der Waals surface area contributed by atoms with Crippen LogP contribution in [0.4, 0.5) is 5.69 Å². The lowest BCUT2D eigenvalue weighted by atomic mass is 10.1. The van der Waals surface area contributed by atoms with Crippen molar-refractivity contribution >= 4 is 27.5 Å². The Hall–Kier alpha value is -4.55. The van der Waals surface area contributed by atoms with Gasteiger partial charge in [-0.3, -0.25) is 0 Å². The van der Waals surface area contributed by atoms with E-state index in [0.29, 0.717) is 28.7 Å². The van der Waals surface area contributed by atoms with Crippen LogP contribution in [0.3, 0.4) is 0 Å². The fourth-order valence-corrected chi connectivity index (χ4v) is 4.00. The highest BCUT2D eigenvalue weighted by Crippen LogP contribution is 2.37. The number of aryl methyl sites for hydroxylation is 2. The van der Waals surface area contributed by atoms with Crippen LogP contribution in [-0.2, 0) is 0 Å². The Labute approximate surface area is 178 Å². The van der Waals surface area contributed by atoms with E-state index < -0.39 is 0 Å². The smallest absolute Gasteiger partial charge is 0.189 e. The number of benzene rings is 3. The molecule has 0 saturated carbocycles. The van der Waals surface area contributed by atoms with Crippen LogP contribution in [-0.4, -0.2) is 19.5 Å². The molecule has 5 aromatic rings. The Kier molecular flexibility index (Phi) is 4.20. The van der Waals surface area contributed by atoms with Crippen molar-refractivity contribution < 1.29 is 0 Å². The average Bonchev–Trinajstić information content (AvgIpc) is 3.11. The Morgan fingerprint density at radius 1 is 0.871 bits per heavy atom. The lowest BCUT2D eigenvalue weighted by Gasteiger charge is -2.14. The molecule has 3 aromatic carbocycles. The topological polar surface area (TPSA) is 71.8 Å². The van der Waals surface area contributed by atoms with Gasteiger partial charge in [0.05, 0.1) is 29.4 Å². The van der Waals surface area contributed by atoms with Gasteiger partial charge in [0.2, 0.25) is 0 Å². The first-order valence-corrected chi connectivity index (χ1v) is 9.74. The van der Waals surface area contributed by atoms with Crippen molar-refractivity contribution in [1.82, 2.24) is 19.5 Å². The highest BCUT2D eigenvalue weighted by Gasteiger charge is 2.18. The monoisotopic (exact) mass is 400 g/mol.